The Bertz CT molecular complexity index is 707. The molecule has 0 saturated heterocycles. The van der Waals surface area contributed by atoms with Crippen LogP contribution in [0.5, 0.6) is 0 Å². The third-order valence-corrected chi connectivity index (χ3v) is 2.27. The third-order valence-electron chi connectivity index (χ3n) is 2.27. The van der Waals surface area contributed by atoms with Crippen LogP contribution < -0.4 is 16.9 Å². The Balaban J connectivity index is 2.80. The van der Waals surface area contributed by atoms with Crippen molar-refractivity contribution in [2.45, 2.75) is 0 Å². The molecule has 0 fully saturated rings. The normalized spacial score (nSPS) is 9.82. The van der Waals surface area contributed by atoms with Gasteiger partial charge in [-0.1, -0.05) is 18.2 Å². The van der Waals surface area contributed by atoms with Crippen LogP contribution in [0.15, 0.2) is 39.9 Å². The van der Waals surface area contributed by atoms with Crippen molar-refractivity contribution in [3.05, 3.63) is 56.6 Å². The molecule has 0 atom stereocenters. The van der Waals surface area contributed by atoms with E-state index in [1.165, 1.54) is 0 Å². The van der Waals surface area contributed by atoms with Crippen molar-refractivity contribution in [2.75, 3.05) is 5.73 Å². The topological polar surface area (TPSA) is 105 Å². The Hall–Kier alpha value is -2.81. The molecule has 1 aromatic heterocycles. The van der Waals surface area contributed by atoms with E-state index in [2.05, 4.69) is 5.10 Å². The SMILES string of the molecule is N#Cc1c(N)c(=O)n(-c2ccccc2)[nH]c1=O. The maximum absolute atomic E-state index is 11.8. The van der Waals surface area contributed by atoms with Crippen molar-refractivity contribution in [1.29, 1.82) is 5.26 Å². The van der Waals surface area contributed by atoms with Crippen LogP contribution in [0.4, 0.5) is 5.69 Å². The van der Waals surface area contributed by atoms with E-state index in [-0.39, 0.29) is 11.3 Å². The number of hydrogen-bond donors (Lipinski definition) is 2. The molecule has 0 aliphatic heterocycles. The highest BCUT2D eigenvalue weighted by Gasteiger charge is 2.12. The van der Waals surface area contributed by atoms with Gasteiger partial charge in [0, 0.05) is 0 Å². The molecule has 2 aromatic rings. The number of nitriles is 1. The Morgan fingerprint density at radius 2 is 1.88 bits per heavy atom. The lowest BCUT2D eigenvalue weighted by Gasteiger charge is -2.06. The average Bonchev–Trinajstić information content (AvgIpc) is 2.35. The van der Waals surface area contributed by atoms with Gasteiger partial charge in [-0.3, -0.25) is 14.7 Å². The predicted octanol–water partition coefficient (Wildman–Crippen LogP) is -0.0203. The second-order valence-corrected chi connectivity index (χ2v) is 3.32. The van der Waals surface area contributed by atoms with Crippen LogP contribution in [0.2, 0.25) is 0 Å². The number of benzene rings is 1. The number of nitrogen functional groups attached to an aromatic ring is 1. The number of anilines is 1. The second kappa shape index (κ2) is 3.98. The first-order valence-electron chi connectivity index (χ1n) is 4.75. The molecule has 0 spiro atoms. The zero-order valence-corrected chi connectivity index (χ0v) is 8.68. The fourth-order valence-corrected chi connectivity index (χ4v) is 1.43. The van der Waals surface area contributed by atoms with Crippen LogP contribution in [-0.2, 0) is 0 Å². The van der Waals surface area contributed by atoms with E-state index >= 15 is 0 Å². The number of nitrogens with zero attached hydrogens (tertiary/aromatic N) is 2. The fraction of sp³-hybridized carbons (Fsp3) is 0. The van der Waals surface area contributed by atoms with Gasteiger partial charge in [0.1, 0.15) is 17.3 Å². The van der Waals surface area contributed by atoms with E-state index in [1.54, 1.807) is 36.4 Å². The van der Waals surface area contributed by atoms with Gasteiger partial charge in [-0.15, -0.1) is 0 Å². The monoisotopic (exact) mass is 228 g/mol. The van der Waals surface area contributed by atoms with Gasteiger partial charge in [0.2, 0.25) is 0 Å². The molecule has 1 heterocycles. The van der Waals surface area contributed by atoms with Crippen LogP contribution in [-0.4, -0.2) is 9.78 Å². The summed E-state index contributed by atoms with van der Waals surface area (Å²) in [6, 6.07) is 10.1. The molecule has 84 valence electrons. The number of aromatic nitrogens is 2. The molecule has 0 aliphatic carbocycles. The molecule has 6 heteroatoms. The minimum Gasteiger partial charge on any atom is -0.393 e. The van der Waals surface area contributed by atoms with Crippen LogP contribution in [0, 0.1) is 11.3 Å². The number of hydrogen-bond acceptors (Lipinski definition) is 4. The van der Waals surface area contributed by atoms with Gasteiger partial charge in [-0.05, 0) is 12.1 Å². The van der Waals surface area contributed by atoms with Crippen molar-refractivity contribution < 1.29 is 0 Å². The summed E-state index contributed by atoms with van der Waals surface area (Å²) < 4.78 is 1.01. The van der Waals surface area contributed by atoms with Crippen LogP contribution in [0.3, 0.4) is 0 Å². The fourth-order valence-electron chi connectivity index (χ4n) is 1.43. The number of H-pyrrole nitrogens is 1. The Morgan fingerprint density at radius 3 is 2.47 bits per heavy atom. The van der Waals surface area contributed by atoms with E-state index in [4.69, 9.17) is 11.0 Å². The van der Waals surface area contributed by atoms with Gasteiger partial charge in [0.15, 0.2) is 0 Å². The lowest BCUT2D eigenvalue weighted by molar-refractivity contribution is 0.786. The molecule has 0 unspecified atom stereocenters. The molecule has 0 bridgehead atoms. The second-order valence-electron chi connectivity index (χ2n) is 3.32. The first-order valence-corrected chi connectivity index (χ1v) is 4.75. The highest BCUT2D eigenvalue weighted by Crippen LogP contribution is 2.03. The van der Waals surface area contributed by atoms with Crippen molar-refractivity contribution in [3.8, 4) is 11.8 Å². The number of aromatic amines is 1. The predicted molar refractivity (Wildman–Crippen MR) is 61.8 cm³/mol. The van der Waals surface area contributed by atoms with Gasteiger partial charge in [0.25, 0.3) is 11.1 Å². The minimum absolute atomic E-state index is 0.347. The zero-order chi connectivity index (χ0) is 12.4. The Kier molecular flexibility index (Phi) is 2.51. The standard InChI is InChI=1S/C11H8N4O2/c12-6-8-9(13)11(17)15(14-10(8)16)7-4-2-1-3-5-7/h1-5H,13H2,(H,14,16). The van der Waals surface area contributed by atoms with E-state index in [9.17, 15) is 9.59 Å². The highest BCUT2D eigenvalue weighted by atomic mass is 16.2. The minimum atomic E-state index is -0.687. The van der Waals surface area contributed by atoms with Crippen LogP contribution >= 0.6 is 0 Å². The van der Waals surface area contributed by atoms with Crippen LogP contribution in [0.1, 0.15) is 5.56 Å². The van der Waals surface area contributed by atoms with Crippen LogP contribution in [0.25, 0.3) is 5.69 Å². The first-order chi connectivity index (χ1) is 8.15. The van der Waals surface area contributed by atoms with Gasteiger partial charge >= 0.3 is 0 Å². The molecule has 6 nitrogen and oxygen atoms in total. The highest BCUT2D eigenvalue weighted by molar-refractivity contribution is 5.51. The molecule has 17 heavy (non-hydrogen) atoms. The maximum atomic E-state index is 11.8. The average molecular weight is 228 g/mol. The Morgan fingerprint density at radius 1 is 1.24 bits per heavy atom. The summed E-state index contributed by atoms with van der Waals surface area (Å²) in [4.78, 5) is 23.3. The van der Waals surface area contributed by atoms with Gasteiger partial charge < -0.3 is 5.73 Å². The summed E-state index contributed by atoms with van der Waals surface area (Å²) in [6.07, 6.45) is 0. The van der Waals surface area contributed by atoms with E-state index in [1.807, 2.05) is 0 Å². The molecule has 2 rings (SSSR count). The summed E-state index contributed by atoms with van der Waals surface area (Å²) in [5.74, 6) is 0. The molecule has 0 radical (unpaired) electrons. The summed E-state index contributed by atoms with van der Waals surface area (Å²) in [6.45, 7) is 0. The largest absolute Gasteiger partial charge is 0.393 e. The lowest BCUT2D eigenvalue weighted by atomic mass is 10.2. The van der Waals surface area contributed by atoms with E-state index in [0.717, 1.165) is 4.68 Å². The van der Waals surface area contributed by atoms with Crippen molar-refractivity contribution in [2.24, 2.45) is 0 Å². The molecule has 3 N–H and O–H groups in total. The van der Waals surface area contributed by atoms with Gasteiger partial charge in [-0.2, -0.15) is 5.26 Å². The summed E-state index contributed by atoms with van der Waals surface area (Å²) in [7, 11) is 0. The summed E-state index contributed by atoms with van der Waals surface area (Å²) in [5, 5.41) is 11.0. The molecular weight excluding hydrogens is 220 g/mol. The van der Waals surface area contributed by atoms with E-state index < -0.39 is 11.1 Å². The maximum Gasteiger partial charge on any atom is 0.294 e. The Labute approximate surface area is 95.5 Å². The number of para-hydroxylation sites is 1. The first kappa shape index (κ1) is 10.7. The smallest absolute Gasteiger partial charge is 0.294 e. The van der Waals surface area contributed by atoms with E-state index in [0.29, 0.717) is 5.69 Å². The van der Waals surface area contributed by atoms with Crippen molar-refractivity contribution in [1.82, 2.24) is 9.78 Å². The van der Waals surface area contributed by atoms with Gasteiger partial charge in [-0.25, -0.2) is 4.68 Å². The summed E-state index contributed by atoms with van der Waals surface area (Å²) >= 11 is 0. The molecule has 0 amide bonds. The summed E-state index contributed by atoms with van der Waals surface area (Å²) in [5.41, 5.74) is 3.92. The molecular formula is C11H8N4O2. The number of nitrogens with one attached hydrogen (secondary N) is 1. The molecule has 0 saturated carbocycles. The van der Waals surface area contributed by atoms with Crippen molar-refractivity contribution >= 4 is 5.69 Å². The lowest BCUT2D eigenvalue weighted by Crippen LogP contribution is -2.32. The zero-order valence-electron chi connectivity index (χ0n) is 8.68. The molecule has 1 aromatic carbocycles. The van der Waals surface area contributed by atoms with Crippen molar-refractivity contribution in [3.63, 3.8) is 0 Å². The number of nitrogens with two attached hydrogens (primary N) is 1. The third kappa shape index (κ3) is 1.70. The molecule has 0 aliphatic rings. The number of rotatable bonds is 1. The van der Waals surface area contributed by atoms with Gasteiger partial charge in [0.05, 0.1) is 5.69 Å². The quantitative estimate of drug-likeness (QED) is 0.715.